The van der Waals surface area contributed by atoms with Crippen LogP contribution < -0.4 is 15.5 Å². The standard InChI is InChI=1S/C13H16ClN3O.BrH/c14-11-8-10(17-5-3-15-4-6-17)7-9-1-2-12(18)16-13(9)11;/h7-8,15H,1-6H2,(H,16,18);1H. The summed E-state index contributed by atoms with van der Waals surface area (Å²) < 4.78 is 0. The Morgan fingerprint density at radius 3 is 2.63 bits per heavy atom. The Kier molecular flexibility index (Phi) is 4.71. The van der Waals surface area contributed by atoms with E-state index in [2.05, 4.69) is 21.6 Å². The van der Waals surface area contributed by atoms with E-state index >= 15 is 0 Å². The van der Waals surface area contributed by atoms with Gasteiger partial charge in [0.1, 0.15) is 0 Å². The summed E-state index contributed by atoms with van der Waals surface area (Å²) in [5, 5.41) is 6.84. The summed E-state index contributed by atoms with van der Waals surface area (Å²) in [4.78, 5) is 13.7. The molecule has 6 heteroatoms. The number of nitrogens with zero attached hydrogens (tertiary/aromatic N) is 1. The predicted octanol–water partition coefficient (Wildman–Crippen LogP) is 2.21. The predicted molar refractivity (Wildman–Crippen MR) is 83.8 cm³/mol. The molecule has 0 atom stereocenters. The zero-order valence-corrected chi connectivity index (χ0v) is 13.0. The Bertz CT molecular complexity index is 489. The number of amides is 1. The summed E-state index contributed by atoms with van der Waals surface area (Å²) in [6.45, 7) is 4.01. The monoisotopic (exact) mass is 345 g/mol. The van der Waals surface area contributed by atoms with Crippen molar-refractivity contribution in [1.82, 2.24) is 5.32 Å². The maximum atomic E-state index is 11.4. The van der Waals surface area contributed by atoms with Gasteiger partial charge in [-0.25, -0.2) is 0 Å². The van der Waals surface area contributed by atoms with Gasteiger partial charge in [-0.2, -0.15) is 0 Å². The smallest absolute Gasteiger partial charge is 0.224 e. The molecule has 2 aliphatic rings. The summed E-state index contributed by atoms with van der Waals surface area (Å²) in [7, 11) is 0. The first-order chi connectivity index (χ1) is 8.74. The number of anilines is 2. The minimum absolute atomic E-state index is 0. The number of carbonyl (C=O) groups is 1. The SMILES string of the molecule is Br.O=C1CCc2cc(N3CCNCC3)cc(Cl)c2N1. The molecule has 1 fully saturated rings. The average Bonchev–Trinajstić information content (AvgIpc) is 2.40. The van der Waals surface area contributed by atoms with Gasteiger partial charge in [0.2, 0.25) is 5.91 Å². The van der Waals surface area contributed by atoms with E-state index in [1.54, 1.807) is 0 Å². The Hall–Kier alpha value is -0.780. The zero-order chi connectivity index (χ0) is 12.5. The average molecular weight is 347 g/mol. The van der Waals surface area contributed by atoms with E-state index in [1.807, 2.05) is 6.07 Å². The first kappa shape index (κ1) is 14.6. The van der Waals surface area contributed by atoms with E-state index in [9.17, 15) is 4.79 Å². The van der Waals surface area contributed by atoms with Gasteiger partial charge >= 0.3 is 0 Å². The molecule has 0 saturated carbocycles. The van der Waals surface area contributed by atoms with Crippen LogP contribution in [-0.2, 0) is 11.2 Å². The molecule has 104 valence electrons. The number of rotatable bonds is 1. The molecule has 0 aliphatic carbocycles. The minimum atomic E-state index is 0. The third-order valence-electron chi connectivity index (χ3n) is 3.52. The molecule has 1 saturated heterocycles. The van der Waals surface area contributed by atoms with Crippen LogP contribution in [0.3, 0.4) is 0 Å². The third kappa shape index (κ3) is 3.04. The van der Waals surface area contributed by atoms with E-state index < -0.39 is 0 Å². The van der Waals surface area contributed by atoms with Crippen LogP contribution in [0.2, 0.25) is 5.02 Å². The van der Waals surface area contributed by atoms with Crippen LogP contribution in [0.15, 0.2) is 12.1 Å². The summed E-state index contributed by atoms with van der Waals surface area (Å²) in [6.07, 6.45) is 1.33. The van der Waals surface area contributed by atoms with E-state index in [0.717, 1.165) is 49.5 Å². The van der Waals surface area contributed by atoms with Gasteiger partial charge in [0.15, 0.2) is 0 Å². The van der Waals surface area contributed by atoms with E-state index in [0.29, 0.717) is 11.4 Å². The number of fused-ring (bicyclic) bond motifs is 1. The van der Waals surface area contributed by atoms with Crippen molar-refractivity contribution in [3.8, 4) is 0 Å². The maximum absolute atomic E-state index is 11.4. The lowest BCUT2D eigenvalue weighted by molar-refractivity contribution is -0.116. The maximum Gasteiger partial charge on any atom is 0.224 e. The van der Waals surface area contributed by atoms with Crippen LogP contribution >= 0.6 is 28.6 Å². The van der Waals surface area contributed by atoms with E-state index in [1.165, 1.54) is 0 Å². The van der Waals surface area contributed by atoms with Crippen molar-refractivity contribution >= 4 is 45.9 Å². The van der Waals surface area contributed by atoms with Crippen molar-refractivity contribution < 1.29 is 4.79 Å². The van der Waals surface area contributed by atoms with E-state index in [4.69, 9.17) is 11.6 Å². The third-order valence-corrected chi connectivity index (χ3v) is 3.82. The van der Waals surface area contributed by atoms with Crippen molar-refractivity contribution in [3.63, 3.8) is 0 Å². The molecule has 0 unspecified atom stereocenters. The Balaban J connectivity index is 0.00000133. The molecular formula is C13H17BrClN3O. The lowest BCUT2D eigenvalue weighted by atomic mass is 10.0. The number of hydrogen-bond acceptors (Lipinski definition) is 3. The molecule has 0 bridgehead atoms. The van der Waals surface area contributed by atoms with Gasteiger partial charge < -0.3 is 15.5 Å². The van der Waals surface area contributed by atoms with Gasteiger partial charge in [0, 0.05) is 38.3 Å². The van der Waals surface area contributed by atoms with Crippen molar-refractivity contribution in [2.75, 3.05) is 36.4 Å². The number of nitrogens with one attached hydrogen (secondary N) is 2. The second-order valence-electron chi connectivity index (χ2n) is 4.75. The molecule has 2 N–H and O–H groups in total. The number of hydrogen-bond donors (Lipinski definition) is 2. The van der Waals surface area contributed by atoms with Crippen LogP contribution in [0.25, 0.3) is 0 Å². The number of halogens is 2. The minimum Gasteiger partial charge on any atom is -0.369 e. The molecule has 3 rings (SSSR count). The first-order valence-corrected chi connectivity index (χ1v) is 6.70. The molecule has 0 aromatic heterocycles. The van der Waals surface area contributed by atoms with Crippen LogP contribution in [0.1, 0.15) is 12.0 Å². The Morgan fingerprint density at radius 1 is 1.16 bits per heavy atom. The van der Waals surface area contributed by atoms with Gasteiger partial charge in [0.25, 0.3) is 0 Å². The molecule has 4 nitrogen and oxygen atoms in total. The highest BCUT2D eigenvalue weighted by molar-refractivity contribution is 8.93. The highest BCUT2D eigenvalue weighted by Crippen LogP contribution is 2.35. The topological polar surface area (TPSA) is 44.4 Å². The first-order valence-electron chi connectivity index (χ1n) is 6.32. The number of aryl methyl sites for hydroxylation is 1. The number of benzene rings is 1. The zero-order valence-electron chi connectivity index (χ0n) is 10.5. The fourth-order valence-electron chi connectivity index (χ4n) is 2.54. The van der Waals surface area contributed by atoms with Gasteiger partial charge in [0.05, 0.1) is 10.7 Å². The van der Waals surface area contributed by atoms with Gasteiger partial charge in [-0.05, 0) is 24.1 Å². The molecule has 1 aromatic carbocycles. The van der Waals surface area contributed by atoms with Gasteiger partial charge in [-0.15, -0.1) is 17.0 Å². The highest BCUT2D eigenvalue weighted by Gasteiger charge is 2.20. The molecule has 2 aliphatic heterocycles. The lowest BCUT2D eigenvalue weighted by Crippen LogP contribution is -2.43. The molecule has 2 heterocycles. The second kappa shape index (κ2) is 6.11. The molecule has 0 radical (unpaired) electrons. The van der Waals surface area contributed by atoms with Crippen LogP contribution in [0, 0.1) is 0 Å². The lowest BCUT2D eigenvalue weighted by Gasteiger charge is -2.31. The fourth-order valence-corrected chi connectivity index (χ4v) is 2.82. The molecule has 1 amide bonds. The van der Waals surface area contributed by atoms with E-state index in [-0.39, 0.29) is 22.9 Å². The van der Waals surface area contributed by atoms with Crippen LogP contribution in [-0.4, -0.2) is 32.1 Å². The summed E-state index contributed by atoms with van der Waals surface area (Å²) in [5.41, 5.74) is 3.11. The van der Waals surface area contributed by atoms with Gasteiger partial charge in [-0.1, -0.05) is 11.6 Å². The largest absolute Gasteiger partial charge is 0.369 e. The second-order valence-corrected chi connectivity index (χ2v) is 5.15. The summed E-state index contributed by atoms with van der Waals surface area (Å²) in [6, 6.07) is 4.11. The molecule has 1 aromatic rings. The summed E-state index contributed by atoms with van der Waals surface area (Å²) >= 11 is 6.27. The highest BCUT2D eigenvalue weighted by atomic mass is 79.9. The van der Waals surface area contributed by atoms with Crippen molar-refractivity contribution in [3.05, 3.63) is 22.7 Å². The Morgan fingerprint density at radius 2 is 1.89 bits per heavy atom. The normalized spacial score (nSPS) is 18.4. The van der Waals surface area contributed by atoms with Crippen LogP contribution in [0.5, 0.6) is 0 Å². The number of carbonyl (C=O) groups excluding carboxylic acids is 1. The molecular weight excluding hydrogens is 330 g/mol. The number of piperazine rings is 1. The van der Waals surface area contributed by atoms with Gasteiger partial charge in [-0.3, -0.25) is 4.79 Å². The van der Waals surface area contributed by atoms with Crippen molar-refractivity contribution in [2.24, 2.45) is 0 Å². The van der Waals surface area contributed by atoms with Crippen LogP contribution in [0.4, 0.5) is 11.4 Å². The molecule has 19 heavy (non-hydrogen) atoms. The molecule has 0 spiro atoms. The van der Waals surface area contributed by atoms with Crippen molar-refractivity contribution in [2.45, 2.75) is 12.8 Å². The summed E-state index contributed by atoms with van der Waals surface area (Å²) in [5.74, 6) is 0.0549. The fraction of sp³-hybridized carbons (Fsp3) is 0.462. The van der Waals surface area contributed by atoms with Crippen molar-refractivity contribution in [1.29, 1.82) is 0 Å². The Labute approximate surface area is 128 Å². The quantitative estimate of drug-likeness (QED) is 0.819.